The molecule has 1 saturated heterocycles. The summed E-state index contributed by atoms with van der Waals surface area (Å²) in [6.07, 6.45) is 6.06. The van der Waals surface area contributed by atoms with Crippen LogP contribution in [-0.4, -0.2) is 26.2 Å². The number of aromatic nitrogens is 1. The Morgan fingerprint density at radius 1 is 1.06 bits per heavy atom. The molecule has 0 saturated carbocycles. The maximum Gasteiger partial charge on any atom is 0.291 e. The van der Waals surface area contributed by atoms with Crippen molar-refractivity contribution in [3.05, 3.63) is 58.9 Å². The number of pyridine rings is 1. The molecule has 0 spiro atoms. The Balaban J connectivity index is 0.000000310. The van der Waals surface area contributed by atoms with Crippen molar-refractivity contribution in [2.45, 2.75) is 77.2 Å². The standard InChI is InChI=1S/C18H23NO3S.C9H13NS/c1-17(2,3)11-7-10(8-12(14(11)20)18(4,5)6)9-13-15(21)23-16(22)19-13;1-2-3-8-11-9-6-4-5-7-10-9/h7-9,20H,1-6H3,(H,19,22);4-7H,2-3,8H2,1H3. The number of rotatable bonds is 5. The van der Waals surface area contributed by atoms with Crippen molar-refractivity contribution < 1.29 is 14.7 Å². The molecule has 1 aliphatic heterocycles. The molecular weight excluding hydrogens is 464 g/mol. The highest BCUT2D eigenvalue weighted by Gasteiger charge is 2.28. The first-order chi connectivity index (χ1) is 15.8. The van der Waals surface area contributed by atoms with Crippen LogP contribution in [0.25, 0.3) is 6.08 Å². The minimum atomic E-state index is -0.355. The highest BCUT2D eigenvalue weighted by atomic mass is 32.2. The summed E-state index contributed by atoms with van der Waals surface area (Å²) in [7, 11) is 0. The molecule has 3 rings (SSSR count). The largest absolute Gasteiger partial charge is 0.507 e. The highest BCUT2D eigenvalue weighted by Crippen LogP contribution is 2.40. The molecule has 0 atom stereocenters. The van der Waals surface area contributed by atoms with E-state index in [1.165, 1.54) is 18.6 Å². The predicted molar refractivity (Wildman–Crippen MR) is 144 cm³/mol. The van der Waals surface area contributed by atoms with Gasteiger partial charge in [-0.1, -0.05) is 61.0 Å². The lowest BCUT2D eigenvalue weighted by molar-refractivity contribution is -0.107. The van der Waals surface area contributed by atoms with E-state index in [1.807, 2.05) is 83.8 Å². The molecule has 1 aliphatic rings. The van der Waals surface area contributed by atoms with E-state index >= 15 is 0 Å². The number of aromatic hydroxyl groups is 1. The van der Waals surface area contributed by atoms with Crippen LogP contribution in [0.3, 0.4) is 0 Å². The average molecular weight is 501 g/mol. The van der Waals surface area contributed by atoms with E-state index in [0.717, 1.165) is 21.7 Å². The summed E-state index contributed by atoms with van der Waals surface area (Å²) in [5, 5.41) is 13.7. The molecule has 7 heteroatoms. The first kappa shape index (κ1) is 28.0. The Hall–Kier alpha value is -2.25. The van der Waals surface area contributed by atoms with Crippen LogP contribution in [0, 0.1) is 0 Å². The molecule has 0 bridgehead atoms. The van der Waals surface area contributed by atoms with E-state index in [9.17, 15) is 14.7 Å². The summed E-state index contributed by atoms with van der Waals surface area (Å²) >= 11 is 2.50. The Labute approximate surface area is 212 Å². The van der Waals surface area contributed by atoms with Crippen LogP contribution in [0.15, 0.2) is 47.3 Å². The van der Waals surface area contributed by atoms with Crippen LogP contribution >= 0.6 is 23.5 Å². The van der Waals surface area contributed by atoms with E-state index in [1.54, 1.807) is 6.08 Å². The lowest BCUT2D eigenvalue weighted by atomic mass is 9.78. The molecule has 5 nitrogen and oxygen atoms in total. The van der Waals surface area contributed by atoms with Crippen molar-refractivity contribution in [2.24, 2.45) is 0 Å². The molecule has 1 aromatic heterocycles. The number of hydrogen-bond donors (Lipinski definition) is 2. The number of thioether (sulfide) groups is 2. The van der Waals surface area contributed by atoms with Gasteiger partial charge in [0.15, 0.2) is 0 Å². The third kappa shape index (κ3) is 8.20. The van der Waals surface area contributed by atoms with Crippen molar-refractivity contribution in [1.29, 1.82) is 0 Å². The molecule has 34 heavy (non-hydrogen) atoms. The number of benzene rings is 1. The average Bonchev–Trinajstić information content (AvgIpc) is 3.05. The molecule has 1 amide bonds. The van der Waals surface area contributed by atoms with E-state index in [2.05, 4.69) is 23.3 Å². The Bertz CT molecular complexity index is 1000. The van der Waals surface area contributed by atoms with Gasteiger partial charge in [-0.05, 0) is 58.9 Å². The van der Waals surface area contributed by atoms with Gasteiger partial charge in [0, 0.05) is 29.1 Å². The zero-order chi connectivity index (χ0) is 25.5. The van der Waals surface area contributed by atoms with Gasteiger partial charge in [-0.25, -0.2) is 4.98 Å². The molecule has 0 aliphatic carbocycles. The summed E-state index contributed by atoms with van der Waals surface area (Å²) in [6.45, 7) is 14.4. The van der Waals surface area contributed by atoms with Gasteiger partial charge in [0.05, 0.1) is 10.7 Å². The molecule has 0 unspecified atom stereocenters. The first-order valence-electron chi connectivity index (χ1n) is 11.5. The number of unbranched alkanes of at least 4 members (excludes halogenated alkanes) is 1. The second kappa shape index (κ2) is 11.9. The van der Waals surface area contributed by atoms with Crippen LogP contribution in [0.5, 0.6) is 5.75 Å². The van der Waals surface area contributed by atoms with Crippen LogP contribution < -0.4 is 5.32 Å². The van der Waals surface area contributed by atoms with Gasteiger partial charge in [0.25, 0.3) is 5.24 Å². The summed E-state index contributed by atoms with van der Waals surface area (Å²) < 4.78 is 0. The number of nitrogens with zero attached hydrogens (tertiary/aromatic N) is 1. The van der Waals surface area contributed by atoms with Gasteiger partial charge in [0.2, 0.25) is 5.12 Å². The van der Waals surface area contributed by atoms with Gasteiger partial charge in [-0.15, -0.1) is 11.8 Å². The summed E-state index contributed by atoms with van der Waals surface area (Å²) in [4.78, 5) is 27.3. The Kier molecular flexibility index (Phi) is 9.83. The second-order valence-corrected chi connectivity index (χ2v) is 12.3. The van der Waals surface area contributed by atoms with Gasteiger partial charge < -0.3 is 10.4 Å². The minimum absolute atomic E-state index is 0.240. The Morgan fingerprint density at radius 3 is 2.12 bits per heavy atom. The number of nitrogens with one attached hydrogen (secondary N) is 1. The third-order valence-corrected chi connectivity index (χ3v) is 6.81. The lowest BCUT2D eigenvalue weighted by Gasteiger charge is -2.28. The summed E-state index contributed by atoms with van der Waals surface area (Å²) in [5.41, 5.74) is 2.24. The molecule has 2 N–H and O–H groups in total. The lowest BCUT2D eigenvalue weighted by Crippen LogP contribution is -2.17. The van der Waals surface area contributed by atoms with Crippen LogP contribution in [-0.2, 0) is 15.6 Å². The van der Waals surface area contributed by atoms with Gasteiger partial charge >= 0.3 is 0 Å². The monoisotopic (exact) mass is 500 g/mol. The third-order valence-electron chi connectivity index (χ3n) is 5.09. The zero-order valence-corrected chi connectivity index (χ0v) is 22.8. The van der Waals surface area contributed by atoms with E-state index < -0.39 is 0 Å². The maximum atomic E-state index is 11.8. The molecule has 184 valence electrons. The number of amides is 1. The fourth-order valence-corrected chi connectivity index (χ4v) is 4.73. The van der Waals surface area contributed by atoms with Crippen molar-refractivity contribution >= 4 is 40.0 Å². The zero-order valence-electron chi connectivity index (χ0n) is 21.2. The van der Waals surface area contributed by atoms with Gasteiger partial charge in [-0.3, -0.25) is 9.59 Å². The number of phenolic OH excluding ortho intramolecular Hbond substituents is 1. The van der Waals surface area contributed by atoms with Crippen molar-refractivity contribution in [3.63, 3.8) is 0 Å². The van der Waals surface area contributed by atoms with Crippen LogP contribution in [0.4, 0.5) is 4.79 Å². The number of phenols is 1. The molecule has 2 heterocycles. The van der Waals surface area contributed by atoms with E-state index in [0.29, 0.717) is 17.5 Å². The predicted octanol–water partition coefficient (Wildman–Crippen LogP) is 7.28. The highest BCUT2D eigenvalue weighted by molar-refractivity contribution is 8.27. The number of carbonyl (C=O) groups excluding carboxylic acids is 2. The number of hydrogen-bond acceptors (Lipinski definition) is 6. The number of carbonyl (C=O) groups is 2. The quantitative estimate of drug-likeness (QED) is 0.255. The van der Waals surface area contributed by atoms with Crippen LogP contribution in [0.1, 0.15) is 78.0 Å². The summed E-state index contributed by atoms with van der Waals surface area (Å²) in [5.74, 6) is 1.48. The summed E-state index contributed by atoms with van der Waals surface area (Å²) in [6, 6.07) is 9.78. The van der Waals surface area contributed by atoms with Gasteiger partial charge in [0.1, 0.15) is 5.75 Å². The van der Waals surface area contributed by atoms with E-state index in [-0.39, 0.29) is 26.9 Å². The van der Waals surface area contributed by atoms with Gasteiger partial charge in [-0.2, -0.15) is 0 Å². The Morgan fingerprint density at radius 2 is 1.68 bits per heavy atom. The molecule has 0 radical (unpaired) electrons. The minimum Gasteiger partial charge on any atom is -0.507 e. The normalized spacial score (nSPS) is 15.2. The van der Waals surface area contributed by atoms with Crippen molar-refractivity contribution in [3.8, 4) is 5.75 Å². The SMILES string of the molecule is CC(C)(C)c1cc(C=C2NC(=O)SC2=O)cc(C(C)(C)C)c1O.CCCCSc1ccccn1. The smallest absolute Gasteiger partial charge is 0.291 e. The fraction of sp³-hybridized carbons (Fsp3) is 0.444. The van der Waals surface area contributed by atoms with Crippen molar-refractivity contribution in [1.82, 2.24) is 10.3 Å². The van der Waals surface area contributed by atoms with E-state index in [4.69, 9.17) is 0 Å². The fourth-order valence-electron chi connectivity index (χ4n) is 3.22. The second-order valence-electron chi connectivity index (χ2n) is 10.2. The topological polar surface area (TPSA) is 79.3 Å². The molecule has 1 fully saturated rings. The molecule has 2 aromatic rings. The molecule has 1 aromatic carbocycles. The first-order valence-corrected chi connectivity index (χ1v) is 13.3. The van der Waals surface area contributed by atoms with Crippen LogP contribution in [0.2, 0.25) is 0 Å². The maximum absolute atomic E-state index is 11.8. The van der Waals surface area contributed by atoms with Crippen molar-refractivity contribution in [2.75, 3.05) is 5.75 Å². The molecular formula is C27H36N2O3S2.